The summed E-state index contributed by atoms with van der Waals surface area (Å²) in [4.78, 5) is 1.39. The van der Waals surface area contributed by atoms with Gasteiger partial charge in [0.05, 0.1) is 0 Å². The highest BCUT2D eigenvalue weighted by Crippen LogP contribution is 2.28. The van der Waals surface area contributed by atoms with Crippen LogP contribution in [0.3, 0.4) is 0 Å². The quantitative estimate of drug-likeness (QED) is 0.781. The second kappa shape index (κ2) is 6.27. The van der Waals surface area contributed by atoms with Crippen LogP contribution in [-0.2, 0) is 0 Å². The van der Waals surface area contributed by atoms with Gasteiger partial charge < -0.3 is 11.5 Å². The maximum Gasteiger partial charge on any atom is 0.00823 e. The molecule has 0 unspecified atom stereocenters. The zero-order valence-electron chi connectivity index (χ0n) is 8.10. The fraction of sp³-hybridized carbons (Fsp3) is 0.273. The minimum absolute atomic E-state index is 0.509. The third-order valence-electron chi connectivity index (χ3n) is 2.06. The van der Waals surface area contributed by atoms with Crippen LogP contribution in [0.5, 0.6) is 0 Å². The van der Waals surface area contributed by atoms with Gasteiger partial charge in [0, 0.05) is 10.8 Å². The van der Waals surface area contributed by atoms with E-state index in [9.17, 15) is 0 Å². The van der Waals surface area contributed by atoms with E-state index in [0.29, 0.717) is 5.92 Å². The van der Waals surface area contributed by atoms with Crippen molar-refractivity contribution < 1.29 is 0 Å². The van der Waals surface area contributed by atoms with Crippen molar-refractivity contribution in [3.63, 3.8) is 0 Å². The van der Waals surface area contributed by atoms with E-state index in [4.69, 9.17) is 11.5 Å². The minimum Gasteiger partial charge on any atom is -0.405 e. The summed E-state index contributed by atoms with van der Waals surface area (Å²) >= 11 is 1.78. The first-order chi connectivity index (χ1) is 6.88. The molecule has 0 atom stereocenters. The first-order valence-corrected chi connectivity index (χ1v) is 5.53. The van der Waals surface area contributed by atoms with Crippen LogP contribution in [0.15, 0.2) is 42.1 Å². The summed E-state index contributed by atoms with van der Waals surface area (Å²) in [7, 11) is 0. The Kier molecular flexibility index (Phi) is 4.86. The number of thiophene rings is 1. The summed E-state index contributed by atoms with van der Waals surface area (Å²) in [5.41, 5.74) is 10.7. The van der Waals surface area contributed by atoms with Gasteiger partial charge in [0.2, 0.25) is 0 Å². The largest absolute Gasteiger partial charge is 0.405 e. The third kappa shape index (κ3) is 3.26. The molecule has 0 saturated carbocycles. The van der Waals surface area contributed by atoms with E-state index >= 15 is 0 Å². The smallest absolute Gasteiger partial charge is 0.00823 e. The van der Waals surface area contributed by atoms with Crippen LogP contribution in [0, 0.1) is 0 Å². The fourth-order valence-corrected chi connectivity index (χ4v) is 2.19. The summed E-state index contributed by atoms with van der Waals surface area (Å²) in [5.74, 6) is 0.509. The van der Waals surface area contributed by atoms with E-state index in [2.05, 4.69) is 17.5 Å². The summed E-state index contributed by atoms with van der Waals surface area (Å²) in [6, 6.07) is 4.23. The number of allylic oxidation sites excluding steroid dienone is 2. The average Bonchev–Trinajstić information content (AvgIpc) is 2.71. The van der Waals surface area contributed by atoms with Gasteiger partial charge >= 0.3 is 0 Å². The number of nitrogens with two attached hydrogens (primary N) is 2. The molecule has 14 heavy (non-hydrogen) atoms. The molecule has 1 aromatic rings. The molecule has 0 radical (unpaired) electrons. The Hall–Kier alpha value is -1.22. The van der Waals surface area contributed by atoms with Gasteiger partial charge in [-0.05, 0) is 36.7 Å². The van der Waals surface area contributed by atoms with Crippen LogP contribution in [0.1, 0.15) is 23.6 Å². The molecule has 0 aliphatic heterocycles. The highest BCUT2D eigenvalue weighted by atomic mass is 32.1. The molecule has 1 heterocycles. The summed E-state index contributed by atoms with van der Waals surface area (Å²) in [6.45, 7) is 0. The Bertz CT molecular complexity index is 274. The molecule has 1 rings (SSSR count). The lowest BCUT2D eigenvalue weighted by Gasteiger charge is -2.09. The van der Waals surface area contributed by atoms with Crippen molar-refractivity contribution in [2.75, 3.05) is 0 Å². The molecule has 2 nitrogen and oxygen atoms in total. The van der Waals surface area contributed by atoms with Crippen molar-refractivity contribution in [2.24, 2.45) is 11.5 Å². The Balaban J connectivity index is 2.61. The lowest BCUT2D eigenvalue weighted by Crippen LogP contribution is -1.94. The molecule has 3 heteroatoms. The monoisotopic (exact) mass is 208 g/mol. The minimum atomic E-state index is 0.509. The Morgan fingerprint density at radius 2 is 1.86 bits per heavy atom. The van der Waals surface area contributed by atoms with E-state index in [-0.39, 0.29) is 0 Å². The lowest BCUT2D eigenvalue weighted by atomic mass is 9.99. The summed E-state index contributed by atoms with van der Waals surface area (Å²) in [5, 5.41) is 2.10. The van der Waals surface area contributed by atoms with Gasteiger partial charge in [-0.15, -0.1) is 11.3 Å². The number of rotatable bonds is 5. The third-order valence-corrected chi connectivity index (χ3v) is 3.09. The first kappa shape index (κ1) is 10.9. The molecule has 0 aliphatic carbocycles. The van der Waals surface area contributed by atoms with Crippen LogP contribution in [0.4, 0.5) is 0 Å². The second-order valence-electron chi connectivity index (χ2n) is 3.04. The average molecular weight is 208 g/mol. The van der Waals surface area contributed by atoms with Gasteiger partial charge in [-0.3, -0.25) is 0 Å². The molecule has 0 bridgehead atoms. The maximum atomic E-state index is 5.34. The van der Waals surface area contributed by atoms with E-state index in [1.54, 1.807) is 23.7 Å². The van der Waals surface area contributed by atoms with E-state index in [1.165, 1.54) is 4.88 Å². The van der Waals surface area contributed by atoms with Crippen molar-refractivity contribution in [3.8, 4) is 0 Å². The van der Waals surface area contributed by atoms with Gasteiger partial charge in [0.25, 0.3) is 0 Å². The molecule has 0 spiro atoms. The Morgan fingerprint density at radius 1 is 1.21 bits per heavy atom. The van der Waals surface area contributed by atoms with Gasteiger partial charge in [-0.2, -0.15) is 0 Å². The lowest BCUT2D eigenvalue weighted by molar-refractivity contribution is 0.724. The van der Waals surface area contributed by atoms with Gasteiger partial charge in [0.15, 0.2) is 0 Å². The second-order valence-corrected chi connectivity index (χ2v) is 4.02. The van der Waals surface area contributed by atoms with Crippen molar-refractivity contribution in [3.05, 3.63) is 46.9 Å². The first-order valence-electron chi connectivity index (χ1n) is 4.65. The molecular formula is C11H16N2S. The molecular weight excluding hydrogens is 192 g/mol. The molecule has 0 saturated heterocycles. The number of hydrogen-bond acceptors (Lipinski definition) is 3. The molecule has 4 N–H and O–H groups in total. The van der Waals surface area contributed by atoms with Crippen LogP contribution >= 0.6 is 11.3 Å². The van der Waals surface area contributed by atoms with Crippen LogP contribution in [0.2, 0.25) is 0 Å². The van der Waals surface area contributed by atoms with Gasteiger partial charge in [-0.1, -0.05) is 18.2 Å². The van der Waals surface area contributed by atoms with Crippen LogP contribution in [-0.4, -0.2) is 0 Å². The van der Waals surface area contributed by atoms with Crippen LogP contribution in [0.25, 0.3) is 0 Å². The predicted octanol–water partition coefficient (Wildman–Crippen LogP) is 2.56. The van der Waals surface area contributed by atoms with Crippen molar-refractivity contribution in [2.45, 2.75) is 18.8 Å². The van der Waals surface area contributed by atoms with Crippen molar-refractivity contribution in [1.29, 1.82) is 0 Å². The van der Waals surface area contributed by atoms with Gasteiger partial charge in [-0.25, -0.2) is 0 Å². The Labute approximate surface area is 88.9 Å². The van der Waals surface area contributed by atoms with E-state index in [1.807, 2.05) is 12.2 Å². The number of hydrogen-bond donors (Lipinski definition) is 2. The molecule has 1 aromatic heterocycles. The summed E-state index contributed by atoms with van der Waals surface area (Å²) in [6.07, 6.45) is 9.14. The highest BCUT2D eigenvalue weighted by molar-refractivity contribution is 7.10. The van der Waals surface area contributed by atoms with Crippen molar-refractivity contribution in [1.82, 2.24) is 0 Å². The standard InChI is InChI=1S/C11H16N2S/c12-7-1-4-10(5-2-8-13)11-6-3-9-14-11/h1-3,6-10H,4-5,12-13H2/b7-1+,8-2+. The SMILES string of the molecule is N/C=C/CC(C/C=C/N)c1cccs1. The summed E-state index contributed by atoms with van der Waals surface area (Å²) < 4.78 is 0. The topological polar surface area (TPSA) is 52.0 Å². The predicted molar refractivity (Wildman–Crippen MR) is 62.9 cm³/mol. The van der Waals surface area contributed by atoms with Crippen molar-refractivity contribution >= 4 is 11.3 Å². The van der Waals surface area contributed by atoms with Gasteiger partial charge in [0.1, 0.15) is 0 Å². The molecule has 0 amide bonds. The zero-order valence-corrected chi connectivity index (χ0v) is 8.91. The molecule has 0 aromatic carbocycles. The zero-order chi connectivity index (χ0) is 10.2. The molecule has 76 valence electrons. The highest BCUT2D eigenvalue weighted by Gasteiger charge is 2.08. The van der Waals surface area contributed by atoms with Crippen LogP contribution < -0.4 is 11.5 Å². The Morgan fingerprint density at radius 3 is 2.29 bits per heavy atom. The van der Waals surface area contributed by atoms with E-state index < -0.39 is 0 Å². The molecule has 0 aliphatic rings. The fourth-order valence-electron chi connectivity index (χ4n) is 1.34. The van der Waals surface area contributed by atoms with E-state index in [0.717, 1.165) is 12.8 Å². The molecule has 0 fully saturated rings. The normalized spacial score (nSPS) is 12.1. The maximum absolute atomic E-state index is 5.34.